The number of hydrogen-bond donors (Lipinski definition) is 1. The maximum absolute atomic E-state index is 6.35. The van der Waals surface area contributed by atoms with Crippen molar-refractivity contribution in [2.45, 2.75) is 44.2 Å². The van der Waals surface area contributed by atoms with E-state index in [-0.39, 0.29) is 6.04 Å². The third kappa shape index (κ3) is 5.30. The van der Waals surface area contributed by atoms with Crippen molar-refractivity contribution in [2.24, 2.45) is 5.73 Å². The summed E-state index contributed by atoms with van der Waals surface area (Å²) in [5.41, 5.74) is 7.42. The van der Waals surface area contributed by atoms with Crippen LogP contribution in [0, 0.1) is 0 Å². The van der Waals surface area contributed by atoms with Crippen LogP contribution in [0.15, 0.2) is 24.3 Å². The zero-order valence-corrected chi connectivity index (χ0v) is 12.9. The number of hydrogen-bond acceptors (Lipinski definition) is 4. The first-order valence-corrected chi connectivity index (χ1v) is 7.89. The molecule has 1 heterocycles. The summed E-state index contributed by atoms with van der Waals surface area (Å²) in [7, 11) is 1.67. The Hall–Kier alpha value is -1.10. The fraction of sp³-hybridized carbons (Fsp3) is 0.647. The molecule has 0 saturated carbocycles. The zero-order valence-electron chi connectivity index (χ0n) is 12.9. The van der Waals surface area contributed by atoms with E-state index in [0.717, 1.165) is 30.8 Å². The number of nitrogens with two attached hydrogens (primary N) is 1. The van der Waals surface area contributed by atoms with Crippen LogP contribution in [0.25, 0.3) is 0 Å². The minimum Gasteiger partial charge on any atom is -0.491 e. The van der Waals surface area contributed by atoms with E-state index in [1.54, 1.807) is 7.11 Å². The normalized spacial score (nSPS) is 20.2. The van der Waals surface area contributed by atoms with Crippen LogP contribution < -0.4 is 10.5 Å². The van der Waals surface area contributed by atoms with Crippen molar-refractivity contribution in [1.82, 2.24) is 0 Å². The molecule has 2 unspecified atom stereocenters. The average molecular weight is 293 g/mol. The highest BCUT2D eigenvalue weighted by Gasteiger charge is 2.17. The monoisotopic (exact) mass is 293 g/mol. The van der Waals surface area contributed by atoms with Gasteiger partial charge in [0.25, 0.3) is 0 Å². The maximum Gasteiger partial charge on any atom is 0.124 e. The molecule has 0 amide bonds. The molecular weight excluding hydrogens is 266 g/mol. The van der Waals surface area contributed by atoms with Crippen molar-refractivity contribution < 1.29 is 14.2 Å². The van der Waals surface area contributed by atoms with Gasteiger partial charge < -0.3 is 19.9 Å². The Morgan fingerprint density at radius 2 is 2.14 bits per heavy atom. The van der Waals surface area contributed by atoms with Crippen LogP contribution in [0.1, 0.15) is 43.7 Å². The van der Waals surface area contributed by atoms with Crippen LogP contribution in [-0.4, -0.2) is 33.0 Å². The first kappa shape index (κ1) is 16.3. The van der Waals surface area contributed by atoms with Gasteiger partial charge in [-0.05, 0) is 38.2 Å². The Morgan fingerprint density at radius 3 is 2.90 bits per heavy atom. The van der Waals surface area contributed by atoms with Gasteiger partial charge in [0.15, 0.2) is 0 Å². The van der Waals surface area contributed by atoms with Gasteiger partial charge in [-0.2, -0.15) is 0 Å². The molecule has 0 spiro atoms. The van der Waals surface area contributed by atoms with Gasteiger partial charge in [-0.3, -0.25) is 0 Å². The third-order valence-electron chi connectivity index (χ3n) is 3.94. The van der Waals surface area contributed by atoms with Gasteiger partial charge in [0.1, 0.15) is 12.4 Å². The lowest BCUT2D eigenvalue weighted by Gasteiger charge is -2.24. The summed E-state index contributed by atoms with van der Waals surface area (Å²) in [6.45, 7) is 2.03. The molecule has 2 atom stereocenters. The highest BCUT2D eigenvalue weighted by molar-refractivity contribution is 5.35. The van der Waals surface area contributed by atoms with Gasteiger partial charge in [0, 0.05) is 25.3 Å². The topological polar surface area (TPSA) is 53.7 Å². The fourth-order valence-electron chi connectivity index (χ4n) is 2.71. The van der Waals surface area contributed by atoms with Crippen molar-refractivity contribution in [3.8, 4) is 5.75 Å². The molecule has 0 radical (unpaired) electrons. The van der Waals surface area contributed by atoms with E-state index in [2.05, 4.69) is 6.07 Å². The van der Waals surface area contributed by atoms with Crippen LogP contribution in [0.3, 0.4) is 0 Å². The molecule has 2 rings (SSSR count). The van der Waals surface area contributed by atoms with Crippen molar-refractivity contribution >= 4 is 0 Å². The molecule has 0 bridgehead atoms. The molecule has 0 aromatic heterocycles. The molecule has 1 fully saturated rings. The number of benzene rings is 1. The molecule has 118 valence electrons. The molecule has 1 saturated heterocycles. The summed E-state index contributed by atoms with van der Waals surface area (Å²) in [6, 6.07) is 8.00. The van der Waals surface area contributed by atoms with Crippen molar-refractivity contribution in [3.63, 3.8) is 0 Å². The Balaban J connectivity index is 1.86. The van der Waals surface area contributed by atoms with Crippen molar-refractivity contribution in [2.75, 3.05) is 26.9 Å². The van der Waals surface area contributed by atoms with E-state index >= 15 is 0 Å². The Kier molecular flexibility index (Phi) is 7.00. The second-order valence-corrected chi connectivity index (χ2v) is 5.55. The van der Waals surface area contributed by atoms with Gasteiger partial charge >= 0.3 is 0 Å². The number of para-hydroxylation sites is 1. The fourth-order valence-corrected chi connectivity index (χ4v) is 2.71. The molecule has 1 aromatic rings. The first-order valence-electron chi connectivity index (χ1n) is 7.89. The minimum atomic E-state index is -0.00530. The SMILES string of the molecule is COCCOc1ccccc1C(N)CCC1CCCCO1. The van der Waals surface area contributed by atoms with Crippen LogP contribution in [0.2, 0.25) is 0 Å². The lowest BCUT2D eigenvalue weighted by Crippen LogP contribution is -2.21. The molecule has 21 heavy (non-hydrogen) atoms. The Labute approximate surface area is 127 Å². The highest BCUT2D eigenvalue weighted by Crippen LogP contribution is 2.28. The summed E-state index contributed by atoms with van der Waals surface area (Å²) < 4.78 is 16.5. The lowest BCUT2D eigenvalue weighted by molar-refractivity contribution is 0.00908. The predicted octanol–water partition coefficient (Wildman–Crippen LogP) is 3.06. The minimum absolute atomic E-state index is 0.00530. The van der Waals surface area contributed by atoms with E-state index < -0.39 is 0 Å². The van der Waals surface area contributed by atoms with Crippen molar-refractivity contribution in [1.29, 1.82) is 0 Å². The van der Waals surface area contributed by atoms with Crippen LogP contribution in [0.5, 0.6) is 5.75 Å². The quantitative estimate of drug-likeness (QED) is 0.748. The van der Waals surface area contributed by atoms with Gasteiger partial charge in [-0.15, -0.1) is 0 Å². The third-order valence-corrected chi connectivity index (χ3v) is 3.94. The standard InChI is InChI=1S/C17H27NO3/c1-19-12-13-21-17-8-3-2-7-15(17)16(18)10-9-14-6-4-5-11-20-14/h2-3,7-8,14,16H,4-6,9-13,18H2,1H3. The maximum atomic E-state index is 6.35. The summed E-state index contributed by atoms with van der Waals surface area (Å²) in [5.74, 6) is 0.867. The van der Waals surface area contributed by atoms with E-state index in [1.807, 2.05) is 18.2 Å². The van der Waals surface area contributed by atoms with E-state index in [0.29, 0.717) is 19.3 Å². The molecule has 0 aliphatic carbocycles. The molecule has 1 aromatic carbocycles. The van der Waals surface area contributed by atoms with Gasteiger partial charge in [-0.25, -0.2) is 0 Å². The molecule has 1 aliphatic rings. The van der Waals surface area contributed by atoms with Gasteiger partial charge in [-0.1, -0.05) is 18.2 Å². The van der Waals surface area contributed by atoms with Crippen LogP contribution >= 0.6 is 0 Å². The van der Waals surface area contributed by atoms with Crippen LogP contribution in [-0.2, 0) is 9.47 Å². The Bertz CT molecular complexity index is 405. The smallest absolute Gasteiger partial charge is 0.124 e. The molecule has 4 nitrogen and oxygen atoms in total. The molecular formula is C17H27NO3. The van der Waals surface area contributed by atoms with Gasteiger partial charge in [0.05, 0.1) is 12.7 Å². The second-order valence-electron chi connectivity index (χ2n) is 5.55. The Morgan fingerprint density at radius 1 is 1.29 bits per heavy atom. The van der Waals surface area contributed by atoms with Crippen molar-refractivity contribution in [3.05, 3.63) is 29.8 Å². The summed E-state index contributed by atoms with van der Waals surface area (Å²) in [4.78, 5) is 0. The number of rotatable bonds is 8. The molecule has 4 heteroatoms. The summed E-state index contributed by atoms with van der Waals surface area (Å²) in [5, 5.41) is 0. The number of ether oxygens (including phenoxy) is 3. The summed E-state index contributed by atoms with van der Waals surface area (Å²) in [6.07, 6.45) is 5.96. The first-order chi connectivity index (χ1) is 10.3. The molecule has 2 N–H and O–H groups in total. The lowest BCUT2D eigenvalue weighted by atomic mass is 9.97. The summed E-state index contributed by atoms with van der Waals surface area (Å²) >= 11 is 0. The molecule has 1 aliphatic heterocycles. The largest absolute Gasteiger partial charge is 0.491 e. The van der Waals surface area contributed by atoms with E-state index in [1.165, 1.54) is 19.3 Å². The van der Waals surface area contributed by atoms with E-state index in [9.17, 15) is 0 Å². The average Bonchev–Trinajstić information content (AvgIpc) is 2.54. The number of methoxy groups -OCH3 is 1. The highest BCUT2D eigenvalue weighted by atomic mass is 16.5. The predicted molar refractivity (Wildman–Crippen MR) is 83.6 cm³/mol. The van der Waals surface area contributed by atoms with Crippen LogP contribution in [0.4, 0.5) is 0 Å². The zero-order chi connectivity index (χ0) is 14.9. The second kappa shape index (κ2) is 9.03. The van der Waals surface area contributed by atoms with Gasteiger partial charge in [0.2, 0.25) is 0 Å². The van der Waals surface area contributed by atoms with E-state index in [4.69, 9.17) is 19.9 Å².